The number of amides is 1. The van der Waals surface area contributed by atoms with Gasteiger partial charge in [-0.25, -0.2) is 9.48 Å². The number of hydrogen-bond donors (Lipinski definition) is 0. The summed E-state index contributed by atoms with van der Waals surface area (Å²) in [6.07, 6.45) is -0.903. The normalized spacial score (nSPS) is 12.0. The average molecular weight is 366 g/mol. The van der Waals surface area contributed by atoms with E-state index in [0.717, 1.165) is 11.2 Å². The molecule has 1 heterocycles. The molecule has 0 bridgehead atoms. The number of aryl methyl sites for hydroxylation is 1. The van der Waals surface area contributed by atoms with Crippen molar-refractivity contribution in [3.63, 3.8) is 0 Å². The molecule has 1 amide bonds. The number of ether oxygens (including phenoxy) is 1. The van der Waals surface area contributed by atoms with E-state index in [1.54, 1.807) is 34.7 Å². The summed E-state index contributed by atoms with van der Waals surface area (Å²) < 4.78 is 7.15. The van der Waals surface area contributed by atoms with Crippen molar-refractivity contribution in [1.29, 1.82) is 0 Å². The number of hydrogen-bond acceptors (Lipinski definition) is 5. The Morgan fingerprint density at radius 2 is 1.89 bits per heavy atom. The maximum absolute atomic E-state index is 12.7. The van der Waals surface area contributed by atoms with Gasteiger partial charge in [-0.3, -0.25) is 4.79 Å². The second-order valence-electron chi connectivity index (χ2n) is 6.07. The lowest BCUT2D eigenvalue weighted by Crippen LogP contribution is -2.40. The Kier molecular flexibility index (Phi) is 5.49. The Labute approximate surface area is 157 Å². The van der Waals surface area contributed by atoms with Crippen LogP contribution in [0.3, 0.4) is 0 Å². The second-order valence-corrected chi connectivity index (χ2v) is 6.07. The molecule has 1 aromatic heterocycles. The summed E-state index contributed by atoms with van der Waals surface area (Å²) in [5.74, 6) is -0.831. The van der Waals surface area contributed by atoms with Crippen molar-refractivity contribution < 1.29 is 14.3 Å². The van der Waals surface area contributed by atoms with Crippen molar-refractivity contribution in [3.05, 3.63) is 54.1 Å². The molecule has 0 saturated carbocycles. The molecule has 7 nitrogen and oxygen atoms in total. The van der Waals surface area contributed by atoms with Gasteiger partial charge in [-0.15, -0.1) is 5.10 Å². The molecule has 27 heavy (non-hydrogen) atoms. The number of fused-ring (bicyclic) bond motifs is 1. The molecular weight excluding hydrogens is 344 g/mol. The standard InChI is InChI=1S/C20H22N4O3/c1-4-23(16-9-7-6-8-10-16)19(25)14(3)27-20(26)15-11-12-18-17(13-15)21-22-24(18)5-2/h6-14H,4-5H2,1-3H3/t14-/m0/s1. The summed E-state index contributed by atoms with van der Waals surface area (Å²) >= 11 is 0. The number of carbonyl (C=O) groups excluding carboxylic acids is 2. The highest BCUT2D eigenvalue weighted by molar-refractivity contribution is 5.99. The molecule has 0 saturated heterocycles. The van der Waals surface area contributed by atoms with Crippen LogP contribution < -0.4 is 4.90 Å². The third kappa shape index (κ3) is 3.81. The average Bonchev–Trinajstić information content (AvgIpc) is 3.11. The summed E-state index contributed by atoms with van der Waals surface area (Å²) in [5.41, 5.74) is 2.57. The quantitative estimate of drug-likeness (QED) is 0.627. The number of likely N-dealkylation sites (N-methyl/N-ethyl adjacent to an activating group) is 1. The predicted octanol–water partition coefficient (Wildman–Crippen LogP) is 3.05. The van der Waals surface area contributed by atoms with E-state index < -0.39 is 12.1 Å². The Bertz CT molecular complexity index is 952. The number of rotatable bonds is 6. The lowest BCUT2D eigenvalue weighted by molar-refractivity contribution is -0.126. The van der Waals surface area contributed by atoms with Crippen LogP contribution in [-0.4, -0.2) is 39.5 Å². The van der Waals surface area contributed by atoms with Gasteiger partial charge in [0.1, 0.15) is 5.52 Å². The van der Waals surface area contributed by atoms with E-state index in [2.05, 4.69) is 10.3 Å². The second kappa shape index (κ2) is 7.99. The van der Waals surface area contributed by atoms with Crippen LogP contribution in [-0.2, 0) is 16.1 Å². The summed E-state index contributed by atoms with van der Waals surface area (Å²) in [5, 5.41) is 8.08. The number of nitrogens with zero attached hydrogens (tertiary/aromatic N) is 4. The van der Waals surface area contributed by atoms with Gasteiger partial charge in [-0.1, -0.05) is 23.4 Å². The van der Waals surface area contributed by atoms with E-state index >= 15 is 0 Å². The van der Waals surface area contributed by atoms with Crippen molar-refractivity contribution in [3.8, 4) is 0 Å². The minimum absolute atomic E-state index is 0.268. The SMILES string of the molecule is CCN(C(=O)[C@H](C)OC(=O)c1ccc2c(c1)nnn2CC)c1ccccc1. The number of benzene rings is 2. The van der Waals surface area contributed by atoms with Gasteiger partial charge >= 0.3 is 5.97 Å². The highest BCUT2D eigenvalue weighted by Crippen LogP contribution is 2.17. The van der Waals surface area contributed by atoms with Gasteiger partial charge in [0, 0.05) is 18.8 Å². The number of aromatic nitrogens is 3. The predicted molar refractivity (Wildman–Crippen MR) is 103 cm³/mol. The van der Waals surface area contributed by atoms with Gasteiger partial charge in [0.2, 0.25) is 0 Å². The van der Waals surface area contributed by atoms with Crippen LogP contribution in [0.25, 0.3) is 11.0 Å². The summed E-state index contributed by atoms with van der Waals surface area (Å²) in [7, 11) is 0. The molecule has 0 aliphatic heterocycles. The molecule has 3 aromatic rings. The van der Waals surface area contributed by atoms with Gasteiger partial charge in [0.25, 0.3) is 5.91 Å². The first-order valence-corrected chi connectivity index (χ1v) is 8.95. The minimum Gasteiger partial charge on any atom is -0.449 e. The zero-order valence-electron chi connectivity index (χ0n) is 15.6. The van der Waals surface area contributed by atoms with Gasteiger partial charge in [-0.2, -0.15) is 0 Å². The maximum atomic E-state index is 12.7. The molecule has 0 aliphatic carbocycles. The summed E-state index contributed by atoms with van der Waals surface area (Å²) in [4.78, 5) is 26.8. The Hall–Kier alpha value is -3.22. The molecule has 7 heteroatoms. The Balaban J connectivity index is 1.73. The van der Waals surface area contributed by atoms with Crippen molar-refractivity contribution >= 4 is 28.6 Å². The van der Waals surface area contributed by atoms with Gasteiger partial charge in [0.05, 0.1) is 11.1 Å². The fourth-order valence-electron chi connectivity index (χ4n) is 2.90. The van der Waals surface area contributed by atoms with E-state index in [1.165, 1.54) is 0 Å². The minimum atomic E-state index is -0.903. The van der Waals surface area contributed by atoms with Crippen LogP contribution in [0, 0.1) is 0 Å². The lowest BCUT2D eigenvalue weighted by Gasteiger charge is -2.24. The lowest BCUT2D eigenvalue weighted by atomic mass is 10.2. The summed E-state index contributed by atoms with van der Waals surface area (Å²) in [6.45, 7) is 6.60. The summed E-state index contributed by atoms with van der Waals surface area (Å²) in [6, 6.07) is 14.4. The molecule has 0 N–H and O–H groups in total. The highest BCUT2D eigenvalue weighted by atomic mass is 16.5. The first-order chi connectivity index (χ1) is 13.0. The maximum Gasteiger partial charge on any atom is 0.338 e. The van der Waals surface area contributed by atoms with Crippen LogP contribution in [0.15, 0.2) is 48.5 Å². The first-order valence-electron chi connectivity index (χ1n) is 8.95. The monoisotopic (exact) mass is 366 g/mol. The number of carbonyl (C=O) groups is 2. The zero-order valence-corrected chi connectivity index (χ0v) is 15.6. The molecule has 2 aromatic carbocycles. The molecule has 140 valence electrons. The third-order valence-corrected chi connectivity index (χ3v) is 4.33. The Morgan fingerprint density at radius 3 is 2.56 bits per heavy atom. The highest BCUT2D eigenvalue weighted by Gasteiger charge is 2.24. The largest absolute Gasteiger partial charge is 0.449 e. The van der Waals surface area contributed by atoms with E-state index in [4.69, 9.17) is 4.74 Å². The molecule has 0 fully saturated rings. The molecule has 1 atom stereocenters. The molecule has 0 aliphatic rings. The number of esters is 1. The van der Waals surface area contributed by atoms with E-state index in [1.807, 2.05) is 44.2 Å². The molecular formula is C20H22N4O3. The number of para-hydroxylation sites is 1. The van der Waals surface area contributed by atoms with Crippen molar-refractivity contribution in [2.24, 2.45) is 0 Å². The third-order valence-electron chi connectivity index (χ3n) is 4.33. The molecule has 3 rings (SSSR count). The van der Waals surface area contributed by atoms with Crippen molar-refractivity contribution in [2.75, 3.05) is 11.4 Å². The topological polar surface area (TPSA) is 77.3 Å². The molecule has 0 spiro atoms. The molecule has 0 unspecified atom stereocenters. The van der Waals surface area contributed by atoms with Gasteiger partial charge < -0.3 is 9.64 Å². The van der Waals surface area contributed by atoms with Crippen LogP contribution >= 0.6 is 0 Å². The zero-order chi connectivity index (χ0) is 19.4. The van der Waals surface area contributed by atoms with Gasteiger partial charge in [0.15, 0.2) is 6.10 Å². The van der Waals surface area contributed by atoms with E-state index in [-0.39, 0.29) is 5.91 Å². The van der Waals surface area contributed by atoms with Crippen molar-refractivity contribution in [1.82, 2.24) is 15.0 Å². The Morgan fingerprint density at radius 1 is 1.15 bits per heavy atom. The number of anilines is 1. The van der Waals surface area contributed by atoms with Crippen molar-refractivity contribution in [2.45, 2.75) is 33.4 Å². The smallest absolute Gasteiger partial charge is 0.338 e. The molecule has 0 radical (unpaired) electrons. The van der Waals surface area contributed by atoms with Crippen LogP contribution in [0.4, 0.5) is 5.69 Å². The first kappa shape index (κ1) is 18.6. The van der Waals surface area contributed by atoms with E-state index in [0.29, 0.717) is 24.2 Å². The fraction of sp³-hybridized carbons (Fsp3) is 0.300. The van der Waals surface area contributed by atoms with Crippen LogP contribution in [0.1, 0.15) is 31.1 Å². The van der Waals surface area contributed by atoms with Crippen LogP contribution in [0.2, 0.25) is 0 Å². The van der Waals surface area contributed by atoms with Crippen LogP contribution in [0.5, 0.6) is 0 Å². The van der Waals surface area contributed by atoms with E-state index in [9.17, 15) is 9.59 Å². The van der Waals surface area contributed by atoms with Gasteiger partial charge in [-0.05, 0) is 51.1 Å². The fourth-order valence-corrected chi connectivity index (χ4v) is 2.90.